The molecule has 1 heterocycles. The van der Waals surface area contributed by atoms with Gasteiger partial charge in [0, 0.05) is 24.8 Å². The van der Waals surface area contributed by atoms with E-state index in [4.69, 9.17) is 4.74 Å². The van der Waals surface area contributed by atoms with E-state index in [0.29, 0.717) is 12.0 Å². The van der Waals surface area contributed by atoms with Crippen LogP contribution in [0.15, 0.2) is 18.2 Å². The van der Waals surface area contributed by atoms with E-state index >= 15 is 0 Å². The van der Waals surface area contributed by atoms with Crippen LogP contribution in [0.25, 0.3) is 0 Å². The Bertz CT molecular complexity index is 569. The Morgan fingerprint density at radius 3 is 2.42 bits per heavy atom. The van der Waals surface area contributed by atoms with Crippen LogP contribution >= 0.6 is 0 Å². The molecule has 134 valence electrons. The first-order chi connectivity index (χ1) is 11.2. The van der Waals surface area contributed by atoms with Crippen LogP contribution in [0.4, 0.5) is 10.5 Å². The molecule has 4 heteroatoms. The first kappa shape index (κ1) is 18.6. The molecule has 1 aromatic rings. The fraction of sp³-hybridized carbons (Fsp3) is 0.650. The first-order valence-corrected chi connectivity index (χ1v) is 8.97. The largest absolute Gasteiger partial charge is 0.444 e. The van der Waals surface area contributed by atoms with Crippen molar-refractivity contribution in [1.29, 1.82) is 0 Å². The number of likely N-dealkylation sites (tertiary alicyclic amines) is 1. The minimum absolute atomic E-state index is 0.184. The summed E-state index contributed by atoms with van der Waals surface area (Å²) in [5.41, 5.74) is 3.36. The summed E-state index contributed by atoms with van der Waals surface area (Å²) in [6, 6.07) is 6.91. The van der Waals surface area contributed by atoms with Gasteiger partial charge in [-0.05, 0) is 71.9 Å². The third kappa shape index (κ3) is 5.15. The number of rotatable bonds is 3. The molecule has 0 aromatic heterocycles. The van der Waals surface area contributed by atoms with Gasteiger partial charge in [-0.25, -0.2) is 4.79 Å². The summed E-state index contributed by atoms with van der Waals surface area (Å²) in [5, 5.41) is 3.65. The highest BCUT2D eigenvalue weighted by atomic mass is 16.6. The molecule has 1 N–H and O–H groups in total. The molecule has 1 atom stereocenters. The first-order valence-electron chi connectivity index (χ1n) is 8.97. The lowest BCUT2D eigenvalue weighted by Crippen LogP contribution is -2.44. The van der Waals surface area contributed by atoms with Gasteiger partial charge >= 0.3 is 6.09 Å². The molecular formula is C20H32N2O2. The Kier molecular flexibility index (Phi) is 5.79. The van der Waals surface area contributed by atoms with Crippen molar-refractivity contribution in [3.05, 3.63) is 29.3 Å². The average molecular weight is 332 g/mol. The van der Waals surface area contributed by atoms with E-state index in [1.807, 2.05) is 25.7 Å². The minimum atomic E-state index is -0.425. The van der Waals surface area contributed by atoms with E-state index in [1.54, 1.807) is 0 Å². The molecule has 0 spiro atoms. The fourth-order valence-electron chi connectivity index (χ4n) is 3.25. The van der Waals surface area contributed by atoms with Gasteiger partial charge in [0.2, 0.25) is 0 Å². The molecule has 1 fully saturated rings. The molecule has 1 aliphatic rings. The summed E-state index contributed by atoms with van der Waals surface area (Å²) in [7, 11) is 0. The van der Waals surface area contributed by atoms with Crippen LogP contribution in [-0.2, 0) is 4.74 Å². The van der Waals surface area contributed by atoms with Crippen molar-refractivity contribution in [3.63, 3.8) is 0 Å². The summed E-state index contributed by atoms with van der Waals surface area (Å²) < 4.78 is 5.47. The Balaban J connectivity index is 1.86. The van der Waals surface area contributed by atoms with Gasteiger partial charge in [-0.15, -0.1) is 0 Å². The van der Waals surface area contributed by atoms with E-state index < -0.39 is 5.60 Å². The molecule has 1 aromatic carbocycles. The van der Waals surface area contributed by atoms with Gasteiger partial charge in [0.1, 0.15) is 5.60 Å². The van der Waals surface area contributed by atoms with Gasteiger partial charge in [-0.2, -0.15) is 0 Å². The third-order valence-corrected chi connectivity index (χ3v) is 4.66. The zero-order valence-electron chi connectivity index (χ0n) is 16.0. The number of aryl methyl sites for hydroxylation is 2. The monoisotopic (exact) mass is 332 g/mol. The van der Waals surface area contributed by atoms with Crippen molar-refractivity contribution in [2.45, 2.75) is 66.0 Å². The molecule has 24 heavy (non-hydrogen) atoms. The predicted molar refractivity (Wildman–Crippen MR) is 99.5 cm³/mol. The van der Waals surface area contributed by atoms with Gasteiger partial charge in [-0.3, -0.25) is 0 Å². The van der Waals surface area contributed by atoms with Gasteiger partial charge in [0.15, 0.2) is 0 Å². The van der Waals surface area contributed by atoms with Gasteiger partial charge in [0.05, 0.1) is 0 Å². The number of benzene rings is 1. The van der Waals surface area contributed by atoms with Crippen LogP contribution in [0.3, 0.4) is 0 Å². The molecule has 1 aliphatic heterocycles. The zero-order chi connectivity index (χ0) is 17.9. The summed E-state index contributed by atoms with van der Waals surface area (Å²) in [6.45, 7) is 13.8. The quantitative estimate of drug-likeness (QED) is 0.868. The predicted octanol–water partition coefficient (Wildman–Crippen LogP) is 4.75. The number of anilines is 1. The number of nitrogens with zero attached hydrogens (tertiary/aromatic N) is 1. The number of amides is 1. The molecule has 1 unspecified atom stereocenters. The highest BCUT2D eigenvalue weighted by Gasteiger charge is 2.29. The maximum atomic E-state index is 12.1. The number of carbonyl (C=O) groups excluding carboxylic acids is 1. The highest BCUT2D eigenvalue weighted by molar-refractivity contribution is 5.68. The van der Waals surface area contributed by atoms with E-state index in [2.05, 4.69) is 44.3 Å². The third-order valence-electron chi connectivity index (χ3n) is 4.66. The van der Waals surface area contributed by atoms with Crippen molar-refractivity contribution in [2.75, 3.05) is 18.4 Å². The van der Waals surface area contributed by atoms with E-state index in [-0.39, 0.29) is 6.09 Å². The topological polar surface area (TPSA) is 41.6 Å². The van der Waals surface area contributed by atoms with Crippen molar-refractivity contribution < 1.29 is 9.53 Å². The molecule has 1 amide bonds. The van der Waals surface area contributed by atoms with Crippen molar-refractivity contribution in [3.8, 4) is 0 Å². The van der Waals surface area contributed by atoms with Crippen LogP contribution in [-0.4, -0.2) is 35.7 Å². The number of hydrogen-bond donors (Lipinski definition) is 1. The lowest BCUT2D eigenvalue weighted by atomic mass is 9.90. The Labute approximate surface area is 146 Å². The van der Waals surface area contributed by atoms with Crippen LogP contribution in [0, 0.1) is 19.8 Å². The van der Waals surface area contributed by atoms with Crippen molar-refractivity contribution in [2.24, 2.45) is 5.92 Å². The maximum Gasteiger partial charge on any atom is 0.410 e. The van der Waals surface area contributed by atoms with Gasteiger partial charge in [0.25, 0.3) is 0 Å². The van der Waals surface area contributed by atoms with E-state index in [0.717, 1.165) is 25.9 Å². The van der Waals surface area contributed by atoms with Gasteiger partial charge in [-0.1, -0.05) is 17.7 Å². The molecule has 0 aliphatic carbocycles. The van der Waals surface area contributed by atoms with Crippen LogP contribution in [0.2, 0.25) is 0 Å². The van der Waals surface area contributed by atoms with E-state index in [9.17, 15) is 4.79 Å². The molecule has 2 rings (SSSR count). The molecule has 0 saturated carbocycles. The standard InChI is InChI=1S/C20H32N2O2/c1-14-7-8-18(15(2)13-14)21-16(3)17-9-11-22(12-10-17)19(23)24-20(4,5)6/h7-8,13,16-17,21H,9-12H2,1-6H3. The number of nitrogens with one attached hydrogen (secondary N) is 1. The van der Waals surface area contributed by atoms with E-state index in [1.165, 1.54) is 16.8 Å². The number of ether oxygens (including phenoxy) is 1. The Morgan fingerprint density at radius 2 is 1.88 bits per heavy atom. The molecule has 1 saturated heterocycles. The highest BCUT2D eigenvalue weighted by Crippen LogP contribution is 2.26. The Morgan fingerprint density at radius 1 is 1.25 bits per heavy atom. The van der Waals surface area contributed by atoms with Crippen LogP contribution in [0.1, 0.15) is 51.7 Å². The SMILES string of the molecule is Cc1ccc(NC(C)C2CCN(C(=O)OC(C)(C)C)CC2)c(C)c1. The second kappa shape index (κ2) is 7.45. The zero-order valence-corrected chi connectivity index (χ0v) is 16.0. The van der Waals surface area contributed by atoms with Crippen LogP contribution < -0.4 is 5.32 Å². The van der Waals surface area contributed by atoms with Gasteiger partial charge < -0.3 is 15.0 Å². The number of carbonyl (C=O) groups is 1. The fourth-order valence-corrected chi connectivity index (χ4v) is 3.25. The summed E-state index contributed by atoms with van der Waals surface area (Å²) in [6.07, 6.45) is 1.84. The molecule has 4 nitrogen and oxygen atoms in total. The normalized spacial score (nSPS) is 17.5. The van der Waals surface area contributed by atoms with Crippen LogP contribution in [0.5, 0.6) is 0 Å². The molecular weight excluding hydrogens is 300 g/mol. The smallest absolute Gasteiger partial charge is 0.410 e. The minimum Gasteiger partial charge on any atom is -0.444 e. The average Bonchev–Trinajstić information content (AvgIpc) is 2.48. The van der Waals surface area contributed by atoms with Crippen molar-refractivity contribution >= 4 is 11.8 Å². The lowest BCUT2D eigenvalue weighted by Gasteiger charge is -2.36. The maximum absolute atomic E-state index is 12.1. The molecule has 0 radical (unpaired) electrons. The second-order valence-corrected chi connectivity index (χ2v) is 8.06. The number of piperidine rings is 1. The van der Waals surface area contributed by atoms with Crippen molar-refractivity contribution in [1.82, 2.24) is 4.90 Å². The summed E-state index contributed by atoms with van der Waals surface area (Å²) in [4.78, 5) is 14.0. The number of hydrogen-bond acceptors (Lipinski definition) is 3. The second-order valence-electron chi connectivity index (χ2n) is 8.06. The molecule has 0 bridgehead atoms. The Hall–Kier alpha value is -1.71. The lowest BCUT2D eigenvalue weighted by molar-refractivity contribution is 0.0179. The summed E-state index contributed by atoms with van der Waals surface area (Å²) >= 11 is 0. The summed E-state index contributed by atoms with van der Waals surface area (Å²) in [5.74, 6) is 0.574.